The molecular weight excluding hydrogens is 255 g/mol. The summed E-state index contributed by atoms with van der Waals surface area (Å²) in [6.45, 7) is 0.854. The van der Waals surface area contributed by atoms with E-state index in [4.69, 9.17) is 11.6 Å². The predicted molar refractivity (Wildman–Crippen MR) is 68.9 cm³/mol. The van der Waals surface area contributed by atoms with Crippen molar-refractivity contribution in [2.75, 3.05) is 17.2 Å². The Kier molecular flexibility index (Phi) is 2.76. The van der Waals surface area contributed by atoms with E-state index in [1.165, 1.54) is 18.5 Å². The predicted octanol–water partition coefficient (Wildman–Crippen LogP) is 2.98. The average Bonchev–Trinajstić information content (AvgIpc) is 2.83. The summed E-state index contributed by atoms with van der Waals surface area (Å²) in [6, 6.07) is 4.48. The Hall–Kier alpha value is -1.88. The molecule has 92 valence electrons. The molecule has 3 rings (SSSR count). The number of halogens is 2. The second kappa shape index (κ2) is 4.42. The quantitative estimate of drug-likeness (QED) is 0.876. The van der Waals surface area contributed by atoms with Crippen LogP contribution < -0.4 is 10.6 Å². The van der Waals surface area contributed by atoms with Gasteiger partial charge >= 0.3 is 0 Å². The standard InChI is InChI=1S/C12H10ClFN4/c13-9-5-7(1-2-10(9)14)18-12-8-3-4-15-11(8)16-6-17-12/h1-2,5-6H,3-4H2,(H2,15,16,17,18). The number of hydrogen-bond donors (Lipinski definition) is 2. The second-order valence-electron chi connectivity index (χ2n) is 3.98. The fourth-order valence-electron chi connectivity index (χ4n) is 1.93. The summed E-state index contributed by atoms with van der Waals surface area (Å²) in [7, 11) is 0. The van der Waals surface area contributed by atoms with E-state index in [9.17, 15) is 4.39 Å². The fourth-order valence-corrected chi connectivity index (χ4v) is 2.11. The zero-order valence-electron chi connectivity index (χ0n) is 9.37. The highest BCUT2D eigenvalue weighted by Gasteiger charge is 2.16. The molecule has 0 unspecified atom stereocenters. The second-order valence-corrected chi connectivity index (χ2v) is 4.39. The third kappa shape index (κ3) is 1.97. The minimum atomic E-state index is -0.434. The van der Waals surface area contributed by atoms with Crippen LogP contribution >= 0.6 is 11.6 Å². The van der Waals surface area contributed by atoms with E-state index in [1.807, 2.05) is 0 Å². The third-order valence-corrected chi connectivity index (χ3v) is 3.08. The van der Waals surface area contributed by atoms with E-state index in [1.54, 1.807) is 6.07 Å². The van der Waals surface area contributed by atoms with Crippen molar-refractivity contribution in [3.05, 3.63) is 40.9 Å². The SMILES string of the molecule is Fc1ccc(Nc2ncnc3c2CCN3)cc1Cl. The van der Waals surface area contributed by atoms with E-state index in [2.05, 4.69) is 20.6 Å². The number of nitrogens with zero attached hydrogens (tertiary/aromatic N) is 2. The number of fused-ring (bicyclic) bond motifs is 1. The Balaban J connectivity index is 1.93. The molecule has 0 saturated heterocycles. The zero-order chi connectivity index (χ0) is 12.5. The molecule has 18 heavy (non-hydrogen) atoms. The lowest BCUT2D eigenvalue weighted by Crippen LogP contribution is -1.99. The first-order valence-corrected chi connectivity index (χ1v) is 5.91. The number of aromatic nitrogens is 2. The van der Waals surface area contributed by atoms with Crippen LogP contribution in [0.5, 0.6) is 0 Å². The molecule has 0 aliphatic carbocycles. The molecule has 2 N–H and O–H groups in total. The van der Waals surface area contributed by atoms with Crippen molar-refractivity contribution in [1.29, 1.82) is 0 Å². The minimum Gasteiger partial charge on any atom is -0.369 e. The third-order valence-electron chi connectivity index (χ3n) is 2.80. The Morgan fingerprint density at radius 1 is 1.33 bits per heavy atom. The van der Waals surface area contributed by atoms with Crippen molar-refractivity contribution in [1.82, 2.24) is 9.97 Å². The summed E-state index contributed by atoms with van der Waals surface area (Å²) in [5, 5.41) is 6.39. The molecule has 0 spiro atoms. The van der Waals surface area contributed by atoms with Crippen LogP contribution in [0.15, 0.2) is 24.5 Å². The lowest BCUT2D eigenvalue weighted by atomic mass is 10.2. The first kappa shape index (κ1) is 11.2. The average molecular weight is 265 g/mol. The first-order valence-electron chi connectivity index (χ1n) is 5.54. The summed E-state index contributed by atoms with van der Waals surface area (Å²) in [6.07, 6.45) is 2.36. The van der Waals surface area contributed by atoms with Gasteiger partial charge in [0.1, 0.15) is 23.8 Å². The van der Waals surface area contributed by atoms with E-state index >= 15 is 0 Å². The fraction of sp³-hybridized carbons (Fsp3) is 0.167. The highest BCUT2D eigenvalue weighted by atomic mass is 35.5. The van der Waals surface area contributed by atoms with Gasteiger partial charge in [-0.1, -0.05) is 11.6 Å². The van der Waals surface area contributed by atoms with Crippen LogP contribution in [0.2, 0.25) is 5.02 Å². The van der Waals surface area contributed by atoms with Crippen molar-refractivity contribution in [2.24, 2.45) is 0 Å². The Labute approximate surface area is 108 Å². The maximum atomic E-state index is 13.1. The van der Waals surface area contributed by atoms with Crippen molar-refractivity contribution in [3.63, 3.8) is 0 Å². The molecule has 2 aromatic rings. The van der Waals surface area contributed by atoms with Gasteiger partial charge in [0.25, 0.3) is 0 Å². The summed E-state index contributed by atoms with van der Waals surface area (Å²) in [4.78, 5) is 8.34. The van der Waals surface area contributed by atoms with Crippen LogP contribution in [-0.4, -0.2) is 16.5 Å². The zero-order valence-corrected chi connectivity index (χ0v) is 10.1. The van der Waals surface area contributed by atoms with Crippen molar-refractivity contribution in [2.45, 2.75) is 6.42 Å². The van der Waals surface area contributed by atoms with Crippen LogP contribution in [0.3, 0.4) is 0 Å². The van der Waals surface area contributed by atoms with E-state index in [0.717, 1.165) is 30.2 Å². The molecule has 0 fully saturated rings. The van der Waals surface area contributed by atoms with Crippen LogP contribution in [0.4, 0.5) is 21.7 Å². The Morgan fingerprint density at radius 3 is 3.06 bits per heavy atom. The first-order chi connectivity index (χ1) is 8.74. The largest absolute Gasteiger partial charge is 0.369 e. The van der Waals surface area contributed by atoms with Gasteiger partial charge in [0.15, 0.2) is 0 Å². The summed E-state index contributed by atoms with van der Waals surface area (Å²) >= 11 is 5.74. The summed E-state index contributed by atoms with van der Waals surface area (Å²) < 4.78 is 13.1. The van der Waals surface area contributed by atoms with E-state index in [-0.39, 0.29) is 5.02 Å². The number of anilines is 3. The number of rotatable bonds is 2. The number of nitrogens with one attached hydrogen (secondary N) is 2. The lowest BCUT2D eigenvalue weighted by Gasteiger charge is -2.09. The molecule has 1 aromatic carbocycles. The summed E-state index contributed by atoms with van der Waals surface area (Å²) in [5.41, 5.74) is 1.74. The van der Waals surface area contributed by atoms with Gasteiger partial charge in [-0.05, 0) is 24.6 Å². The number of hydrogen-bond acceptors (Lipinski definition) is 4. The van der Waals surface area contributed by atoms with Crippen LogP contribution in [0.1, 0.15) is 5.56 Å². The van der Waals surface area contributed by atoms with Gasteiger partial charge in [-0.3, -0.25) is 0 Å². The Bertz CT molecular complexity index is 603. The maximum Gasteiger partial charge on any atom is 0.141 e. The molecule has 0 saturated carbocycles. The van der Waals surface area contributed by atoms with Gasteiger partial charge in [-0.2, -0.15) is 0 Å². The molecular formula is C12H10ClFN4. The molecule has 1 aliphatic heterocycles. The van der Waals surface area contributed by atoms with Crippen molar-refractivity contribution >= 4 is 28.9 Å². The normalized spacial score (nSPS) is 13.0. The molecule has 0 bridgehead atoms. The van der Waals surface area contributed by atoms with Gasteiger partial charge in [0.2, 0.25) is 0 Å². The van der Waals surface area contributed by atoms with Crippen LogP contribution in [0.25, 0.3) is 0 Å². The molecule has 1 aromatic heterocycles. The monoisotopic (exact) mass is 264 g/mol. The van der Waals surface area contributed by atoms with Crippen LogP contribution in [0, 0.1) is 5.82 Å². The topological polar surface area (TPSA) is 49.8 Å². The highest BCUT2D eigenvalue weighted by molar-refractivity contribution is 6.31. The van der Waals surface area contributed by atoms with Crippen molar-refractivity contribution in [3.8, 4) is 0 Å². The van der Waals surface area contributed by atoms with E-state index in [0.29, 0.717) is 5.69 Å². The van der Waals surface area contributed by atoms with E-state index < -0.39 is 5.82 Å². The number of benzene rings is 1. The summed E-state index contributed by atoms with van der Waals surface area (Å²) in [5.74, 6) is 1.14. The minimum absolute atomic E-state index is 0.0869. The molecule has 0 radical (unpaired) electrons. The highest BCUT2D eigenvalue weighted by Crippen LogP contribution is 2.28. The van der Waals surface area contributed by atoms with Gasteiger partial charge in [0, 0.05) is 17.8 Å². The van der Waals surface area contributed by atoms with Gasteiger partial charge in [-0.25, -0.2) is 14.4 Å². The van der Waals surface area contributed by atoms with Crippen LogP contribution in [-0.2, 0) is 6.42 Å². The van der Waals surface area contributed by atoms with Gasteiger partial charge in [0.05, 0.1) is 5.02 Å². The van der Waals surface area contributed by atoms with Crippen molar-refractivity contribution < 1.29 is 4.39 Å². The van der Waals surface area contributed by atoms with Gasteiger partial charge < -0.3 is 10.6 Å². The maximum absolute atomic E-state index is 13.1. The molecule has 2 heterocycles. The lowest BCUT2D eigenvalue weighted by molar-refractivity contribution is 0.628. The molecule has 0 amide bonds. The Morgan fingerprint density at radius 2 is 2.22 bits per heavy atom. The molecule has 0 atom stereocenters. The molecule has 1 aliphatic rings. The smallest absolute Gasteiger partial charge is 0.141 e. The van der Waals surface area contributed by atoms with Gasteiger partial charge in [-0.15, -0.1) is 0 Å². The molecule has 4 nitrogen and oxygen atoms in total. The molecule has 6 heteroatoms.